The lowest BCUT2D eigenvalue weighted by molar-refractivity contribution is -0.135. The van der Waals surface area contributed by atoms with Crippen molar-refractivity contribution in [2.24, 2.45) is 0 Å². The number of carbonyl (C=O) groups is 1. The third-order valence-electron chi connectivity index (χ3n) is 1.72. The molecule has 1 N–H and O–H groups in total. The predicted molar refractivity (Wildman–Crippen MR) is 59.1 cm³/mol. The van der Waals surface area contributed by atoms with E-state index in [1.165, 1.54) is 6.08 Å². The fourth-order valence-electron chi connectivity index (χ4n) is 1.01. The molecule has 78 valence electrons. The van der Waals surface area contributed by atoms with Crippen LogP contribution in [0.2, 0.25) is 0 Å². The smallest absolute Gasteiger partial charge is 0.436 e. The number of benzene rings is 1. The van der Waals surface area contributed by atoms with E-state index in [2.05, 4.69) is 4.74 Å². The lowest BCUT2D eigenvalue weighted by atomic mass is 10.2. The number of carbonyl (C=O) groups excluding carboxylic acids is 2. The Morgan fingerprint density at radius 2 is 2.07 bits per heavy atom. The summed E-state index contributed by atoms with van der Waals surface area (Å²) in [6, 6.07) is 9.39. The highest BCUT2D eigenvalue weighted by Crippen LogP contribution is 2.00. The molecule has 0 aliphatic rings. The number of hydrogen-bond donors (Lipinski definition) is 0. The number of ketones is 1. The summed E-state index contributed by atoms with van der Waals surface area (Å²) in [4.78, 5) is 20.3. The summed E-state index contributed by atoms with van der Waals surface area (Å²) < 4.78 is 4.61. The van der Waals surface area contributed by atoms with Crippen LogP contribution in [0.5, 0.6) is 0 Å². The van der Waals surface area contributed by atoms with Crippen LogP contribution in [0.25, 0.3) is 6.08 Å². The van der Waals surface area contributed by atoms with Crippen LogP contribution in [0.1, 0.15) is 12.5 Å². The molecule has 3 nitrogen and oxygen atoms in total. The van der Waals surface area contributed by atoms with Gasteiger partial charge < -0.3 is 4.74 Å². The summed E-state index contributed by atoms with van der Waals surface area (Å²) >= 11 is 0. The monoisotopic (exact) mass is 205 g/mol. The minimum atomic E-state index is -0.704. The second-order valence-corrected chi connectivity index (χ2v) is 2.85. The summed E-state index contributed by atoms with van der Waals surface area (Å²) in [5.41, 5.74) is 0.911. The van der Waals surface area contributed by atoms with Crippen LogP contribution in [-0.4, -0.2) is 23.2 Å². The first kappa shape index (κ1) is 11.2. The van der Waals surface area contributed by atoms with Gasteiger partial charge in [-0.1, -0.05) is 30.3 Å². The Labute approximate surface area is 88.4 Å². The van der Waals surface area contributed by atoms with Crippen LogP contribution in [0.15, 0.2) is 36.4 Å². The van der Waals surface area contributed by atoms with Crippen LogP contribution in [-0.2, 0) is 9.53 Å². The first-order valence-electron chi connectivity index (χ1n) is 4.70. The van der Waals surface area contributed by atoms with Crippen LogP contribution < -0.4 is 0 Å². The average molecular weight is 205 g/mol. The van der Waals surface area contributed by atoms with Crippen molar-refractivity contribution in [3.8, 4) is 0 Å². The zero-order chi connectivity index (χ0) is 11.1. The van der Waals surface area contributed by atoms with Crippen LogP contribution in [0, 0.1) is 0 Å². The lowest BCUT2D eigenvalue weighted by Gasteiger charge is -1.92. The van der Waals surface area contributed by atoms with E-state index in [9.17, 15) is 9.59 Å². The van der Waals surface area contributed by atoms with Crippen LogP contribution in [0.3, 0.4) is 0 Å². The zero-order valence-corrected chi connectivity index (χ0v) is 8.51. The molecular weight excluding hydrogens is 192 g/mol. The van der Waals surface area contributed by atoms with Crippen molar-refractivity contribution in [2.75, 3.05) is 6.61 Å². The van der Waals surface area contributed by atoms with Crippen molar-refractivity contribution in [3.63, 3.8) is 0 Å². The van der Waals surface area contributed by atoms with Crippen molar-refractivity contribution < 1.29 is 14.3 Å². The maximum Gasteiger partial charge on any atom is 0.436 e. The molecule has 1 aromatic carbocycles. The molecular formula is C12H13O3+. The zero-order valence-electron chi connectivity index (χ0n) is 8.51. The van der Waals surface area contributed by atoms with Gasteiger partial charge in [-0.25, -0.2) is 4.79 Å². The molecule has 0 aliphatic carbocycles. The molecule has 15 heavy (non-hydrogen) atoms. The van der Waals surface area contributed by atoms with Crippen molar-refractivity contribution >= 4 is 17.8 Å². The molecule has 0 aliphatic heterocycles. The molecule has 0 amide bonds. The van der Waals surface area contributed by atoms with E-state index in [4.69, 9.17) is 0 Å². The Hall–Kier alpha value is -1.90. The molecule has 0 saturated carbocycles. The van der Waals surface area contributed by atoms with Gasteiger partial charge >= 0.3 is 11.8 Å². The third-order valence-corrected chi connectivity index (χ3v) is 1.72. The minimum absolute atomic E-state index is 0.252. The molecule has 0 unspecified atom stereocenters. The minimum Gasteiger partial charge on any atom is -0.456 e. The SMILES string of the molecule is CCOC(=O)C(=[OH+])/C=C/c1ccccc1. The molecule has 3 heteroatoms. The second kappa shape index (κ2) is 5.75. The molecule has 0 atom stereocenters. The van der Waals surface area contributed by atoms with Gasteiger partial charge in [0.25, 0.3) is 0 Å². The van der Waals surface area contributed by atoms with Gasteiger partial charge in [0.15, 0.2) is 0 Å². The van der Waals surface area contributed by atoms with Gasteiger partial charge in [0, 0.05) is 0 Å². The van der Waals surface area contributed by atoms with E-state index < -0.39 is 5.97 Å². The first-order valence-corrected chi connectivity index (χ1v) is 4.70. The molecule has 0 heterocycles. The summed E-state index contributed by atoms with van der Waals surface area (Å²) in [6.45, 7) is 1.94. The lowest BCUT2D eigenvalue weighted by Crippen LogP contribution is -2.14. The topological polar surface area (TPSA) is 47.7 Å². The Kier molecular flexibility index (Phi) is 4.29. The number of hydrogen-bond acceptors (Lipinski definition) is 2. The molecule has 1 aromatic rings. The summed E-state index contributed by atoms with van der Waals surface area (Å²) in [6.07, 6.45) is 2.97. The van der Waals surface area contributed by atoms with Crippen molar-refractivity contribution in [2.45, 2.75) is 6.92 Å². The summed E-state index contributed by atoms with van der Waals surface area (Å²) in [5, 5.41) is 0. The largest absolute Gasteiger partial charge is 0.456 e. The Balaban J connectivity index is 2.59. The van der Waals surface area contributed by atoms with Crippen LogP contribution >= 0.6 is 0 Å². The summed E-state index contributed by atoms with van der Waals surface area (Å²) in [5.74, 6) is -1.09. The maximum atomic E-state index is 11.0. The molecule has 0 radical (unpaired) electrons. The Morgan fingerprint density at radius 1 is 1.40 bits per heavy atom. The average Bonchev–Trinajstić information content (AvgIpc) is 2.27. The summed E-state index contributed by atoms with van der Waals surface area (Å²) in [7, 11) is 0. The molecule has 1 rings (SSSR count). The fourth-order valence-corrected chi connectivity index (χ4v) is 1.01. The van der Waals surface area contributed by atoms with Crippen molar-refractivity contribution in [1.82, 2.24) is 0 Å². The first-order chi connectivity index (χ1) is 7.24. The maximum absolute atomic E-state index is 11.0. The number of esters is 1. The van der Waals surface area contributed by atoms with E-state index in [0.717, 1.165) is 5.56 Å². The van der Waals surface area contributed by atoms with E-state index in [1.807, 2.05) is 30.3 Å². The highest BCUT2D eigenvalue weighted by atomic mass is 16.5. The molecule has 0 spiro atoms. The van der Waals surface area contributed by atoms with Gasteiger partial charge in [-0.15, -0.1) is 0 Å². The van der Waals surface area contributed by atoms with Gasteiger partial charge in [-0.3, -0.25) is 4.79 Å². The van der Waals surface area contributed by atoms with Gasteiger partial charge in [-0.2, -0.15) is 0 Å². The van der Waals surface area contributed by atoms with Crippen LogP contribution in [0.4, 0.5) is 0 Å². The second-order valence-electron chi connectivity index (χ2n) is 2.85. The van der Waals surface area contributed by atoms with Gasteiger partial charge in [0.05, 0.1) is 12.7 Å². The highest BCUT2D eigenvalue weighted by molar-refractivity contribution is 6.39. The number of rotatable bonds is 4. The van der Waals surface area contributed by atoms with E-state index in [-0.39, 0.29) is 12.4 Å². The van der Waals surface area contributed by atoms with Crippen molar-refractivity contribution in [1.29, 1.82) is 0 Å². The quantitative estimate of drug-likeness (QED) is 0.326. The molecule has 0 bridgehead atoms. The Bertz CT molecular complexity index is 366. The van der Waals surface area contributed by atoms with E-state index in [0.29, 0.717) is 0 Å². The fraction of sp³-hybridized carbons (Fsp3) is 0.167. The Morgan fingerprint density at radius 3 is 2.67 bits per heavy atom. The van der Waals surface area contributed by atoms with E-state index >= 15 is 0 Å². The number of ether oxygens (including phenoxy) is 1. The third kappa shape index (κ3) is 3.77. The normalized spacial score (nSPS) is 10.2. The van der Waals surface area contributed by atoms with E-state index in [1.54, 1.807) is 13.0 Å². The highest BCUT2D eigenvalue weighted by Gasteiger charge is 2.17. The standard InChI is InChI=1S/C12H12O3/c1-2-15-12(14)11(13)9-8-10-6-4-3-5-7-10/h3-9H,2H2,1H3/p+1/b9-8+. The molecule has 0 aromatic heterocycles. The van der Waals surface area contributed by atoms with Gasteiger partial charge in [0.1, 0.15) is 0 Å². The van der Waals surface area contributed by atoms with Gasteiger partial charge in [-0.05, 0) is 18.6 Å². The van der Waals surface area contributed by atoms with Gasteiger partial charge in [0.2, 0.25) is 0 Å². The molecule has 0 fully saturated rings. The van der Waals surface area contributed by atoms with Crippen molar-refractivity contribution in [3.05, 3.63) is 42.0 Å². The predicted octanol–water partition coefficient (Wildman–Crippen LogP) is 1.81. The molecule has 0 saturated heterocycles.